The Balaban J connectivity index is 1.66. The van der Waals surface area contributed by atoms with E-state index < -0.39 is 0 Å². The number of hydrogen-bond acceptors (Lipinski definition) is 8. The molecule has 8 heteroatoms. The van der Waals surface area contributed by atoms with Crippen LogP contribution in [0.25, 0.3) is 0 Å². The third-order valence-electron chi connectivity index (χ3n) is 2.25. The summed E-state index contributed by atoms with van der Waals surface area (Å²) < 4.78 is 1.03. The first-order valence-corrected chi connectivity index (χ1v) is 7.75. The van der Waals surface area contributed by atoms with Crippen LogP contribution in [-0.2, 0) is 0 Å². The quantitative estimate of drug-likeness (QED) is 0.599. The number of nitrogens with zero attached hydrogens (tertiary/aromatic N) is 4. The summed E-state index contributed by atoms with van der Waals surface area (Å²) in [4.78, 5) is 8.45. The van der Waals surface area contributed by atoms with Crippen molar-refractivity contribution in [1.82, 2.24) is 20.2 Å². The lowest BCUT2D eigenvalue weighted by atomic mass is 10.5. The lowest BCUT2D eigenvalue weighted by Crippen LogP contribution is -2.07. The van der Waals surface area contributed by atoms with Gasteiger partial charge in [0.15, 0.2) is 4.34 Å². The van der Waals surface area contributed by atoms with Crippen molar-refractivity contribution in [2.75, 3.05) is 30.0 Å². The molecule has 0 radical (unpaired) electrons. The number of rotatable bonds is 7. The van der Waals surface area contributed by atoms with Crippen LogP contribution in [0.3, 0.4) is 0 Å². The first-order chi connectivity index (χ1) is 9.28. The highest BCUT2D eigenvalue weighted by Gasteiger charge is 2.01. The van der Waals surface area contributed by atoms with Gasteiger partial charge >= 0.3 is 0 Å². The van der Waals surface area contributed by atoms with Gasteiger partial charge in [-0.1, -0.05) is 23.1 Å². The average Bonchev–Trinajstić information content (AvgIpc) is 2.84. The predicted octanol–water partition coefficient (Wildman–Crippen LogP) is 2.27. The van der Waals surface area contributed by atoms with Crippen LogP contribution in [0, 0.1) is 6.92 Å². The molecule has 102 valence electrons. The molecule has 0 atom stereocenters. The highest BCUT2D eigenvalue weighted by Crippen LogP contribution is 2.22. The number of aromatic nitrogens is 4. The van der Waals surface area contributed by atoms with Gasteiger partial charge in [-0.3, -0.25) is 0 Å². The molecule has 0 aromatic carbocycles. The molecule has 0 amide bonds. The molecule has 6 nitrogen and oxygen atoms in total. The molecule has 2 aromatic rings. The van der Waals surface area contributed by atoms with E-state index in [1.165, 1.54) is 0 Å². The molecule has 0 bridgehead atoms. The lowest BCUT2D eigenvalue weighted by Gasteiger charge is -2.05. The van der Waals surface area contributed by atoms with Crippen LogP contribution in [0.1, 0.15) is 11.4 Å². The molecule has 2 rings (SSSR count). The summed E-state index contributed by atoms with van der Waals surface area (Å²) in [7, 11) is 1.84. The molecule has 2 N–H and O–H groups in total. The fraction of sp³-hybridized carbons (Fsp3) is 0.455. The van der Waals surface area contributed by atoms with Crippen LogP contribution in [0.5, 0.6) is 0 Å². The maximum absolute atomic E-state index is 4.29. The fourth-order valence-electron chi connectivity index (χ4n) is 1.35. The van der Waals surface area contributed by atoms with E-state index in [0.29, 0.717) is 5.95 Å². The molecule has 0 spiro atoms. The normalized spacial score (nSPS) is 10.4. The molecule has 19 heavy (non-hydrogen) atoms. The molecule has 0 saturated carbocycles. The van der Waals surface area contributed by atoms with E-state index in [2.05, 4.69) is 30.8 Å². The Kier molecular flexibility index (Phi) is 5.34. The smallest absolute Gasteiger partial charge is 0.224 e. The van der Waals surface area contributed by atoms with E-state index in [0.717, 1.165) is 33.9 Å². The Morgan fingerprint density at radius 3 is 3.00 bits per heavy atom. The van der Waals surface area contributed by atoms with Crippen LogP contribution < -0.4 is 10.6 Å². The minimum atomic E-state index is 0.656. The molecule has 0 fully saturated rings. The van der Waals surface area contributed by atoms with Crippen LogP contribution >= 0.6 is 23.1 Å². The number of anilines is 2. The van der Waals surface area contributed by atoms with Crippen LogP contribution in [0.15, 0.2) is 16.6 Å². The van der Waals surface area contributed by atoms with E-state index in [-0.39, 0.29) is 0 Å². The van der Waals surface area contributed by atoms with Gasteiger partial charge < -0.3 is 10.6 Å². The van der Waals surface area contributed by atoms with E-state index in [4.69, 9.17) is 0 Å². The number of aryl methyl sites for hydroxylation is 1. The number of hydrogen-bond donors (Lipinski definition) is 2. The van der Waals surface area contributed by atoms with Crippen molar-refractivity contribution in [2.45, 2.75) is 17.7 Å². The minimum Gasteiger partial charge on any atom is -0.373 e. The van der Waals surface area contributed by atoms with Gasteiger partial charge in [0.05, 0.1) is 0 Å². The standard InChI is InChI=1S/C11H16N6S2/c1-8-16-17-11(19-8)18-7-3-5-13-10-14-6-4-9(12-2)15-10/h4,6H,3,5,7H2,1-2H3,(H2,12,13,14,15). The zero-order valence-corrected chi connectivity index (χ0v) is 12.5. The monoisotopic (exact) mass is 296 g/mol. The predicted molar refractivity (Wildman–Crippen MR) is 80.1 cm³/mol. The van der Waals surface area contributed by atoms with Gasteiger partial charge in [-0.15, -0.1) is 10.2 Å². The number of nitrogens with one attached hydrogen (secondary N) is 2. The van der Waals surface area contributed by atoms with Crippen molar-refractivity contribution in [3.63, 3.8) is 0 Å². The molecular weight excluding hydrogens is 280 g/mol. The third kappa shape index (κ3) is 4.64. The fourth-order valence-corrected chi connectivity index (χ4v) is 3.18. The van der Waals surface area contributed by atoms with Crippen molar-refractivity contribution >= 4 is 34.9 Å². The van der Waals surface area contributed by atoms with E-state index >= 15 is 0 Å². The second kappa shape index (κ2) is 7.25. The molecular formula is C11H16N6S2. The summed E-state index contributed by atoms with van der Waals surface area (Å²) in [6.45, 7) is 2.81. The van der Waals surface area contributed by atoms with E-state index in [1.807, 2.05) is 20.0 Å². The third-order valence-corrected chi connectivity index (χ3v) is 4.31. The molecule has 2 aromatic heterocycles. The zero-order valence-electron chi connectivity index (χ0n) is 10.9. The largest absolute Gasteiger partial charge is 0.373 e. The molecule has 0 aliphatic rings. The first-order valence-electron chi connectivity index (χ1n) is 5.95. The Bertz CT molecular complexity index is 515. The van der Waals surface area contributed by atoms with Crippen molar-refractivity contribution < 1.29 is 0 Å². The Hall–Kier alpha value is -1.41. The van der Waals surface area contributed by atoms with Crippen molar-refractivity contribution in [3.05, 3.63) is 17.3 Å². The topological polar surface area (TPSA) is 75.6 Å². The Morgan fingerprint density at radius 1 is 1.37 bits per heavy atom. The second-order valence-corrected chi connectivity index (χ2v) is 6.25. The maximum Gasteiger partial charge on any atom is 0.224 e. The summed E-state index contributed by atoms with van der Waals surface area (Å²) in [5, 5.41) is 15.3. The zero-order chi connectivity index (χ0) is 13.5. The van der Waals surface area contributed by atoms with Crippen LogP contribution in [0.4, 0.5) is 11.8 Å². The summed E-state index contributed by atoms with van der Waals surface area (Å²) in [6.07, 6.45) is 2.76. The molecule has 2 heterocycles. The SMILES string of the molecule is CNc1ccnc(NCCCSc2nnc(C)s2)n1. The Labute approximate surface area is 120 Å². The summed E-state index contributed by atoms with van der Waals surface area (Å²) in [6, 6.07) is 1.83. The van der Waals surface area contributed by atoms with Gasteiger partial charge in [0.1, 0.15) is 10.8 Å². The van der Waals surface area contributed by atoms with E-state index in [1.54, 1.807) is 29.3 Å². The van der Waals surface area contributed by atoms with Gasteiger partial charge in [-0.05, 0) is 19.4 Å². The summed E-state index contributed by atoms with van der Waals surface area (Å²) >= 11 is 3.37. The van der Waals surface area contributed by atoms with Gasteiger partial charge in [0.25, 0.3) is 0 Å². The average molecular weight is 296 g/mol. The van der Waals surface area contributed by atoms with Crippen LogP contribution in [-0.4, -0.2) is 39.5 Å². The lowest BCUT2D eigenvalue weighted by molar-refractivity contribution is 0.953. The van der Waals surface area contributed by atoms with Gasteiger partial charge in [-0.25, -0.2) is 4.98 Å². The minimum absolute atomic E-state index is 0.656. The van der Waals surface area contributed by atoms with Gasteiger partial charge in [0, 0.05) is 25.5 Å². The first kappa shape index (κ1) is 14.0. The van der Waals surface area contributed by atoms with E-state index in [9.17, 15) is 0 Å². The maximum atomic E-state index is 4.29. The van der Waals surface area contributed by atoms with Crippen molar-refractivity contribution in [2.24, 2.45) is 0 Å². The highest BCUT2D eigenvalue weighted by molar-refractivity contribution is 8.01. The van der Waals surface area contributed by atoms with Crippen molar-refractivity contribution in [1.29, 1.82) is 0 Å². The molecule has 0 saturated heterocycles. The molecule has 0 unspecified atom stereocenters. The van der Waals surface area contributed by atoms with Gasteiger partial charge in [0.2, 0.25) is 5.95 Å². The second-order valence-electron chi connectivity index (χ2n) is 3.73. The summed E-state index contributed by atoms with van der Waals surface area (Å²) in [5.41, 5.74) is 0. The highest BCUT2D eigenvalue weighted by atomic mass is 32.2. The van der Waals surface area contributed by atoms with Crippen LogP contribution in [0.2, 0.25) is 0 Å². The molecule has 0 aliphatic carbocycles. The van der Waals surface area contributed by atoms with Gasteiger partial charge in [-0.2, -0.15) is 4.98 Å². The summed E-state index contributed by atoms with van der Waals surface area (Å²) in [5.74, 6) is 2.48. The van der Waals surface area contributed by atoms with Crippen molar-refractivity contribution in [3.8, 4) is 0 Å². The number of thioether (sulfide) groups is 1. The Morgan fingerprint density at radius 2 is 2.26 bits per heavy atom. The molecule has 0 aliphatic heterocycles.